The quantitative estimate of drug-likeness (QED) is 0.813. The average Bonchev–Trinajstić information content (AvgIpc) is 2.67. The number of hydrogen-bond acceptors (Lipinski definition) is 5. The van der Waals surface area contributed by atoms with E-state index >= 15 is 0 Å². The molecule has 2 aliphatic rings. The second-order valence-corrected chi connectivity index (χ2v) is 6.94. The lowest BCUT2D eigenvalue weighted by Gasteiger charge is -2.35. The molecule has 0 aliphatic carbocycles. The summed E-state index contributed by atoms with van der Waals surface area (Å²) in [6.45, 7) is 9.05. The van der Waals surface area contributed by atoms with Gasteiger partial charge in [0.25, 0.3) is 0 Å². The number of piperazine rings is 1. The van der Waals surface area contributed by atoms with E-state index in [9.17, 15) is 4.79 Å². The Balaban J connectivity index is 1.35. The first-order chi connectivity index (χ1) is 12.3. The van der Waals surface area contributed by atoms with E-state index in [2.05, 4.69) is 20.4 Å². The highest BCUT2D eigenvalue weighted by Crippen LogP contribution is 2.11. The van der Waals surface area contributed by atoms with Gasteiger partial charge in [0.15, 0.2) is 0 Å². The zero-order chi connectivity index (χ0) is 17.3. The van der Waals surface area contributed by atoms with Gasteiger partial charge in [-0.1, -0.05) is 30.3 Å². The highest BCUT2D eigenvalue weighted by atomic mass is 16.5. The minimum Gasteiger partial charge on any atom is -0.445 e. The molecule has 1 amide bonds. The number of nitrogens with one attached hydrogen (secondary N) is 2. The Labute approximate surface area is 150 Å². The summed E-state index contributed by atoms with van der Waals surface area (Å²) in [5, 5.41) is 6.42. The standard InChI is InChI=1S/C19H30N4O2/c24-19(25-16-17-5-2-1-3-6-17)21-18-7-4-10-23(15-18)14-13-22-11-8-20-9-12-22/h1-3,5-6,18,20H,4,7-16H2,(H,21,24). The van der Waals surface area contributed by atoms with Crippen molar-refractivity contribution in [1.82, 2.24) is 20.4 Å². The zero-order valence-corrected chi connectivity index (χ0v) is 15.0. The molecule has 0 spiro atoms. The van der Waals surface area contributed by atoms with Crippen LogP contribution in [0, 0.1) is 0 Å². The third kappa shape index (κ3) is 6.30. The summed E-state index contributed by atoms with van der Waals surface area (Å²) in [6, 6.07) is 9.99. The summed E-state index contributed by atoms with van der Waals surface area (Å²) < 4.78 is 5.34. The smallest absolute Gasteiger partial charge is 0.407 e. The van der Waals surface area contributed by atoms with Crippen LogP contribution in [-0.4, -0.2) is 74.3 Å². The van der Waals surface area contributed by atoms with Crippen molar-refractivity contribution in [3.8, 4) is 0 Å². The molecule has 1 unspecified atom stereocenters. The highest BCUT2D eigenvalue weighted by molar-refractivity contribution is 5.67. The van der Waals surface area contributed by atoms with E-state index in [0.717, 1.165) is 70.8 Å². The first-order valence-corrected chi connectivity index (χ1v) is 9.42. The molecule has 0 bridgehead atoms. The molecule has 2 fully saturated rings. The number of carbonyl (C=O) groups excluding carboxylic acids is 1. The average molecular weight is 346 g/mol. The Morgan fingerprint density at radius 1 is 1.12 bits per heavy atom. The minimum absolute atomic E-state index is 0.194. The molecule has 2 N–H and O–H groups in total. The Hall–Kier alpha value is -1.63. The molecule has 1 aromatic carbocycles. The van der Waals surface area contributed by atoms with Crippen LogP contribution in [0.4, 0.5) is 4.79 Å². The van der Waals surface area contributed by atoms with Crippen LogP contribution in [0.25, 0.3) is 0 Å². The van der Waals surface area contributed by atoms with Crippen LogP contribution in [0.1, 0.15) is 18.4 Å². The van der Waals surface area contributed by atoms with E-state index in [0.29, 0.717) is 6.61 Å². The number of carbonyl (C=O) groups is 1. The van der Waals surface area contributed by atoms with Crippen molar-refractivity contribution < 1.29 is 9.53 Å². The maximum absolute atomic E-state index is 12.0. The first kappa shape index (κ1) is 18.2. The van der Waals surface area contributed by atoms with E-state index in [-0.39, 0.29) is 12.1 Å². The van der Waals surface area contributed by atoms with Gasteiger partial charge in [-0.05, 0) is 24.9 Å². The van der Waals surface area contributed by atoms with E-state index in [1.807, 2.05) is 30.3 Å². The lowest BCUT2D eigenvalue weighted by atomic mass is 10.1. The van der Waals surface area contributed by atoms with Crippen LogP contribution < -0.4 is 10.6 Å². The van der Waals surface area contributed by atoms with Gasteiger partial charge in [-0.3, -0.25) is 4.90 Å². The normalized spacial score (nSPS) is 22.5. The van der Waals surface area contributed by atoms with Crippen molar-refractivity contribution in [2.45, 2.75) is 25.5 Å². The van der Waals surface area contributed by atoms with Gasteiger partial charge in [-0.2, -0.15) is 0 Å². The summed E-state index contributed by atoms with van der Waals surface area (Å²) in [6.07, 6.45) is 1.85. The SMILES string of the molecule is O=C(NC1CCCN(CCN2CCNCC2)C1)OCc1ccccc1. The fraction of sp³-hybridized carbons (Fsp3) is 0.632. The third-order valence-corrected chi connectivity index (χ3v) is 4.98. The van der Waals surface area contributed by atoms with Gasteiger partial charge in [0.05, 0.1) is 0 Å². The number of piperidine rings is 1. The number of likely N-dealkylation sites (tertiary alicyclic amines) is 1. The van der Waals surface area contributed by atoms with Gasteiger partial charge >= 0.3 is 6.09 Å². The van der Waals surface area contributed by atoms with Crippen LogP contribution in [0.15, 0.2) is 30.3 Å². The van der Waals surface area contributed by atoms with Crippen molar-refractivity contribution in [2.75, 3.05) is 52.4 Å². The van der Waals surface area contributed by atoms with E-state index < -0.39 is 0 Å². The topological polar surface area (TPSA) is 56.8 Å². The fourth-order valence-corrected chi connectivity index (χ4v) is 3.53. The monoisotopic (exact) mass is 346 g/mol. The Morgan fingerprint density at radius 3 is 2.68 bits per heavy atom. The number of amides is 1. The van der Waals surface area contributed by atoms with Crippen LogP contribution in [-0.2, 0) is 11.3 Å². The van der Waals surface area contributed by atoms with Crippen LogP contribution in [0.3, 0.4) is 0 Å². The number of hydrogen-bond donors (Lipinski definition) is 2. The summed E-state index contributed by atoms with van der Waals surface area (Å²) >= 11 is 0. The molecule has 138 valence electrons. The number of rotatable bonds is 6. The lowest BCUT2D eigenvalue weighted by Crippen LogP contribution is -2.51. The second-order valence-electron chi connectivity index (χ2n) is 6.94. The summed E-state index contributed by atoms with van der Waals surface area (Å²) in [7, 11) is 0. The third-order valence-electron chi connectivity index (χ3n) is 4.98. The predicted octanol–water partition coefficient (Wildman–Crippen LogP) is 1.28. The minimum atomic E-state index is -0.308. The number of ether oxygens (including phenoxy) is 1. The highest BCUT2D eigenvalue weighted by Gasteiger charge is 2.22. The first-order valence-electron chi connectivity index (χ1n) is 9.42. The molecule has 25 heavy (non-hydrogen) atoms. The van der Waals surface area contributed by atoms with Gasteiger partial charge in [0, 0.05) is 51.9 Å². The fourth-order valence-electron chi connectivity index (χ4n) is 3.53. The largest absolute Gasteiger partial charge is 0.445 e. The summed E-state index contributed by atoms with van der Waals surface area (Å²) in [5.41, 5.74) is 1.01. The van der Waals surface area contributed by atoms with Gasteiger partial charge < -0.3 is 20.3 Å². The molecular formula is C19H30N4O2. The molecule has 1 aromatic rings. The van der Waals surface area contributed by atoms with E-state index in [4.69, 9.17) is 4.74 Å². The van der Waals surface area contributed by atoms with Gasteiger partial charge in [0.2, 0.25) is 0 Å². The Bertz CT molecular complexity index is 519. The van der Waals surface area contributed by atoms with Crippen molar-refractivity contribution in [3.05, 3.63) is 35.9 Å². The number of alkyl carbamates (subject to hydrolysis) is 1. The van der Waals surface area contributed by atoms with E-state index in [1.165, 1.54) is 0 Å². The van der Waals surface area contributed by atoms with Crippen molar-refractivity contribution in [1.29, 1.82) is 0 Å². The van der Waals surface area contributed by atoms with Gasteiger partial charge in [-0.25, -0.2) is 4.79 Å². The second kappa shape index (κ2) is 9.75. The molecule has 2 heterocycles. The molecular weight excluding hydrogens is 316 g/mol. The molecule has 1 atom stereocenters. The number of nitrogens with zero attached hydrogens (tertiary/aromatic N) is 2. The summed E-state index contributed by atoms with van der Waals surface area (Å²) in [4.78, 5) is 17.0. The van der Waals surface area contributed by atoms with Crippen molar-refractivity contribution in [3.63, 3.8) is 0 Å². The lowest BCUT2D eigenvalue weighted by molar-refractivity contribution is 0.119. The van der Waals surface area contributed by atoms with Crippen LogP contribution >= 0.6 is 0 Å². The molecule has 2 aliphatic heterocycles. The van der Waals surface area contributed by atoms with Crippen molar-refractivity contribution in [2.24, 2.45) is 0 Å². The molecule has 6 heteroatoms. The van der Waals surface area contributed by atoms with Crippen LogP contribution in [0.5, 0.6) is 0 Å². The number of benzene rings is 1. The van der Waals surface area contributed by atoms with Gasteiger partial charge in [-0.15, -0.1) is 0 Å². The molecule has 0 saturated carbocycles. The Kier molecular flexibility index (Phi) is 7.09. The summed E-state index contributed by atoms with van der Waals surface area (Å²) in [5.74, 6) is 0. The Morgan fingerprint density at radius 2 is 1.88 bits per heavy atom. The van der Waals surface area contributed by atoms with Gasteiger partial charge in [0.1, 0.15) is 6.61 Å². The van der Waals surface area contributed by atoms with Crippen molar-refractivity contribution >= 4 is 6.09 Å². The molecule has 6 nitrogen and oxygen atoms in total. The maximum Gasteiger partial charge on any atom is 0.407 e. The molecule has 0 aromatic heterocycles. The predicted molar refractivity (Wildman–Crippen MR) is 98.5 cm³/mol. The van der Waals surface area contributed by atoms with Crippen LogP contribution in [0.2, 0.25) is 0 Å². The molecule has 3 rings (SSSR count). The zero-order valence-electron chi connectivity index (χ0n) is 15.0. The maximum atomic E-state index is 12.0. The molecule has 0 radical (unpaired) electrons. The van der Waals surface area contributed by atoms with E-state index in [1.54, 1.807) is 0 Å². The molecule has 2 saturated heterocycles.